The van der Waals surface area contributed by atoms with Crippen LogP contribution in [0.15, 0.2) is 54.9 Å². The Hall–Kier alpha value is -3.48. The number of aromatic nitrogens is 3. The van der Waals surface area contributed by atoms with Crippen LogP contribution in [0.5, 0.6) is 5.75 Å². The van der Waals surface area contributed by atoms with E-state index in [1.54, 1.807) is 13.2 Å². The van der Waals surface area contributed by atoms with E-state index in [2.05, 4.69) is 15.3 Å². The highest BCUT2D eigenvalue weighted by atomic mass is 19.2. The molecule has 2 aromatic heterocycles. The third-order valence-electron chi connectivity index (χ3n) is 4.18. The minimum absolute atomic E-state index is 0.385. The smallest absolute Gasteiger partial charge is 0.163 e. The van der Waals surface area contributed by atoms with Crippen LogP contribution in [0.3, 0.4) is 0 Å². The van der Waals surface area contributed by atoms with Gasteiger partial charge in [-0.15, -0.1) is 0 Å². The van der Waals surface area contributed by atoms with Gasteiger partial charge in [0.05, 0.1) is 12.6 Å². The normalized spacial score (nSPS) is 11.0. The number of nitrogens with zero attached hydrogens (tertiary/aromatic N) is 3. The standard InChI is InChI=1S/C20H16F2N4O/c1-26-8-7-12(11-26)19-24-18-6-4-14(27-2)10-15(18)20(25-19)23-13-3-5-16(21)17(22)9-13/h3-11H,1-2H3,(H,23,24,25). The van der Waals surface area contributed by atoms with Gasteiger partial charge in [0.1, 0.15) is 11.6 Å². The number of halogens is 2. The highest BCUT2D eigenvalue weighted by Gasteiger charge is 2.12. The lowest BCUT2D eigenvalue weighted by Crippen LogP contribution is -2.00. The summed E-state index contributed by atoms with van der Waals surface area (Å²) in [5, 5.41) is 3.77. The third kappa shape index (κ3) is 3.31. The quantitative estimate of drug-likeness (QED) is 0.570. The molecule has 0 atom stereocenters. The Morgan fingerprint density at radius 1 is 1.00 bits per heavy atom. The van der Waals surface area contributed by atoms with Crippen molar-refractivity contribution in [1.82, 2.24) is 14.5 Å². The van der Waals surface area contributed by atoms with Crippen LogP contribution in [0, 0.1) is 11.6 Å². The topological polar surface area (TPSA) is 52.0 Å². The van der Waals surface area contributed by atoms with Crippen LogP contribution in [0.25, 0.3) is 22.3 Å². The van der Waals surface area contributed by atoms with Crippen molar-refractivity contribution in [3.63, 3.8) is 0 Å². The zero-order chi connectivity index (χ0) is 19.0. The number of anilines is 2. The van der Waals surface area contributed by atoms with Crippen LogP contribution in [-0.2, 0) is 7.05 Å². The number of hydrogen-bond acceptors (Lipinski definition) is 4. The Morgan fingerprint density at radius 2 is 1.85 bits per heavy atom. The third-order valence-corrected chi connectivity index (χ3v) is 4.18. The summed E-state index contributed by atoms with van der Waals surface area (Å²) in [5.41, 5.74) is 1.94. The Kier molecular flexibility index (Phi) is 4.19. The van der Waals surface area contributed by atoms with E-state index in [1.165, 1.54) is 6.07 Å². The second-order valence-electron chi connectivity index (χ2n) is 6.10. The van der Waals surface area contributed by atoms with E-state index in [0.717, 1.165) is 17.7 Å². The van der Waals surface area contributed by atoms with Gasteiger partial charge in [0.15, 0.2) is 17.5 Å². The molecular weight excluding hydrogens is 350 g/mol. The van der Waals surface area contributed by atoms with Crippen molar-refractivity contribution in [1.29, 1.82) is 0 Å². The van der Waals surface area contributed by atoms with Crippen LogP contribution >= 0.6 is 0 Å². The van der Waals surface area contributed by atoms with Crippen LogP contribution in [0.2, 0.25) is 0 Å². The second kappa shape index (κ2) is 6.68. The second-order valence-corrected chi connectivity index (χ2v) is 6.10. The molecule has 0 bridgehead atoms. The maximum Gasteiger partial charge on any atom is 0.163 e. The van der Waals surface area contributed by atoms with Crippen molar-refractivity contribution >= 4 is 22.4 Å². The lowest BCUT2D eigenvalue weighted by Gasteiger charge is -2.12. The fraction of sp³-hybridized carbons (Fsp3) is 0.100. The van der Waals surface area contributed by atoms with E-state index in [0.29, 0.717) is 34.0 Å². The minimum atomic E-state index is -0.931. The summed E-state index contributed by atoms with van der Waals surface area (Å²) in [7, 11) is 3.48. The molecule has 2 aromatic carbocycles. The van der Waals surface area contributed by atoms with Gasteiger partial charge in [0.25, 0.3) is 0 Å². The zero-order valence-corrected chi connectivity index (χ0v) is 14.7. The van der Waals surface area contributed by atoms with Crippen molar-refractivity contribution in [2.75, 3.05) is 12.4 Å². The lowest BCUT2D eigenvalue weighted by atomic mass is 10.2. The first-order chi connectivity index (χ1) is 13.0. The number of benzene rings is 2. The number of nitrogens with one attached hydrogen (secondary N) is 1. The summed E-state index contributed by atoms with van der Waals surface area (Å²) in [6.07, 6.45) is 3.81. The molecule has 0 unspecified atom stereocenters. The maximum atomic E-state index is 13.6. The summed E-state index contributed by atoms with van der Waals surface area (Å²) in [5.74, 6) is -0.187. The molecule has 0 aliphatic heterocycles. The predicted molar refractivity (Wildman–Crippen MR) is 100 cm³/mol. The van der Waals surface area contributed by atoms with E-state index in [4.69, 9.17) is 4.74 Å². The molecule has 4 aromatic rings. The molecule has 5 nitrogen and oxygen atoms in total. The molecule has 0 radical (unpaired) electrons. The zero-order valence-electron chi connectivity index (χ0n) is 14.7. The molecule has 0 fully saturated rings. The molecule has 0 aliphatic rings. The summed E-state index contributed by atoms with van der Waals surface area (Å²) in [6.45, 7) is 0. The molecule has 4 rings (SSSR count). The molecule has 2 heterocycles. The molecule has 136 valence electrons. The molecule has 7 heteroatoms. The van der Waals surface area contributed by atoms with Gasteiger partial charge in [-0.25, -0.2) is 18.7 Å². The van der Waals surface area contributed by atoms with Crippen LogP contribution < -0.4 is 10.1 Å². The Bertz CT molecular complexity index is 1140. The van der Waals surface area contributed by atoms with Crippen molar-refractivity contribution in [3.05, 3.63) is 66.5 Å². The number of methoxy groups -OCH3 is 1. The van der Waals surface area contributed by atoms with E-state index in [9.17, 15) is 8.78 Å². The average Bonchev–Trinajstić information content (AvgIpc) is 3.10. The number of fused-ring (bicyclic) bond motifs is 1. The molecule has 0 spiro atoms. The SMILES string of the molecule is COc1ccc2nc(-c3ccn(C)c3)nc(Nc3ccc(F)c(F)c3)c2c1. The number of aryl methyl sites for hydroxylation is 1. The first kappa shape index (κ1) is 17.0. The molecule has 0 aliphatic carbocycles. The van der Waals surface area contributed by atoms with Crippen molar-refractivity contribution in [3.8, 4) is 17.1 Å². The first-order valence-electron chi connectivity index (χ1n) is 8.24. The van der Waals surface area contributed by atoms with Crippen molar-refractivity contribution < 1.29 is 13.5 Å². The van der Waals surface area contributed by atoms with Gasteiger partial charge in [-0.05, 0) is 36.4 Å². The first-order valence-corrected chi connectivity index (χ1v) is 8.24. The Labute approximate surface area is 154 Å². The summed E-state index contributed by atoms with van der Waals surface area (Å²) < 4.78 is 34.0. The molecule has 0 saturated heterocycles. The molecule has 1 N–H and O–H groups in total. The van der Waals surface area contributed by atoms with Crippen molar-refractivity contribution in [2.45, 2.75) is 0 Å². The predicted octanol–water partition coefficient (Wildman–Crippen LogP) is 4.67. The fourth-order valence-electron chi connectivity index (χ4n) is 2.81. The molecule has 27 heavy (non-hydrogen) atoms. The van der Waals surface area contributed by atoms with Crippen molar-refractivity contribution in [2.24, 2.45) is 7.05 Å². The number of hydrogen-bond donors (Lipinski definition) is 1. The molecular formula is C20H16F2N4O. The molecule has 0 saturated carbocycles. The number of rotatable bonds is 4. The van der Waals surface area contributed by atoms with E-state index < -0.39 is 11.6 Å². The highest BCUT2D eigenvalue weighted by Crippen LogP contribution is 2.30. The highest BCUT2D eigenvalue weighted by molar-refractivity contribution is 5.93. The van der Waals surface area contributed by atoms with Gasteiger partial charge < -0.3 is 14.6 Å². The monoisotopic (exact) mass is 366 g/mol. The van der Waals surface area contributed by atoms with Crippen LogP contribution in [0.4, 0.5) is 20.3 Å². The number of ether oxygens (including phenoxy) is 1. The minimum Gasteiger partial charge on any atom is -0.497 e. The summed E-state index contributed by atoms with van der Waals surface area (Å²) in [4.78, 5) is 9.21. The van der Waals surface area contributed by atoms with Crippen LogP contribution in [-0.4, -0.2) is 21.6 Å². The van der Waals surface area contributed by atoms with E-state index in [-0.39, 0.29) is 0 Å². The van der Waals surface area contributed by atoms with Crippen LogP contribution in [0.1, 0.15) is 0 Å². The van der Waals surface area contributed by atoms with Gasteiger partial charge in [-0.2, -0.15) is 0 Å². The van der Waals surface area contributed by atoms with E-state index in [1.807, 2.05) is 42.2 Å². The summed E-state index contributed by atoms with van der Waals surface area (Å²) in [6, 6.07) is 11.0. The van der Waals surface area contributed by atoms with Gasteiger partial charge in [-0.3, -0.25) is 0 Å². The Morgan fingerprint density at radius 3 is 2.56 bits per heavy atom. The van der Waals surface area contributed by atoms with Gasteiger partial charge in [0, 0.05) is 42.1 Å². The maximum absolute atomic E-state index is 13.6. The van der Waals surface area contributed by atoms with Gasteiger partial charge in [-0.1, -0.05) is 0 Å². The lowest BCUT2D eigenvalue weighted by molar-refractivity contribution is 0.415. The fourth-order valence-corrected chi connectivity index (χ4v) is 2.81. The van der Waals surface area contributed by atoms with E-state index >= 15 is 0 Å². The Balaban J connectivity index is 1.87. The van der Waals surface area contributed by atoms with Gasteiger partial charge >= 0.3 is 0 Å². The largest absolute Gasteiger partial charge is 0.497 e. The summed E-state index contributed by atoms with van der Waals surface area (Å²) >= 11 is 0. The average molecular weight is 366 g/mol. The van der Waals surface area contributed by atoms with Gasteiger partial charge in [0.2, 0.25) is 0 Å². The molecule has 0 amide bonds.